The summed E-state index contributed by atoms with van der Waals surface area (Å²) in [6.45, 7) is 0. The summed E-state index contributed by atoms with van der Waals surface area (Å²) in [5, 5.41) is 9.87. The van der Waals surface area contributed by atoms with E-state index in [-0.39, 0.29) is 5.69 Å². The number of rotatable bonds is 2. The number of hydrogen-bond acceptors (Lipinski definition) is 4. The van der Waals surface area contributed by atoms with Crippen molar-refractivity contribution in [2.24, 2.45) is 0 Å². The second-order valence-electron chi connectivity index (χ2n) is 4.05. The van der Waals surface area contributed by atoms with Gasteiger partial charge in [-0.2, -0.15) is 5.26 Å². The molecule has 0 unspecified atom stereocenters. The summed E-state index contributed by atoms with van der Waals surface area (Å²) in [4.78, 5) is 6.98. The molecule has 0 bridgehead atoms. The molecular weight excluding hydrogens is 240 g/mol. The van der Waals surface area contributed by atoms with Gasteiger partial charge in [0.25, 0.3) is 0 Å². The van der Waals surface area contributed by atoms with Crippen molar-refractivity contribution < 1.29 is 4.74 Å². The van der Waals surface area contributed by atoms with E-state index in [1.807, 2.05) is 36.5 Å². The van der Waals surface area contributed by atoms with Gasteiger partial charge in [0, 0.05) is 23.2 Å². The number of nitrogens with zero attached hydrogens (tertiary/aromatic N) is 2. The molecule has 0 aliphatic carbocycles. The molecule has 1 aromatic carbocycles. The van der Waals surface area contributed by atoms with E-state index >= 15 is 0 Å². The number of nitrogens with two attached hydrogens (primary N) is 1. The van der Waals surface area contributed by atoms with Crippen LogP contribution in [0.25, 0.3) is 10.9 Å². The van der Waals surface area contributed by atoms with Crippen molar-refractivity contribution in [2.75, 3.05) is 5.73 Å². The van der Waals surface area contributed by atoms with Crippen LogP contribution in [0.15, 0.2) is 42.7 Å². The fourth-order valence-electron chi connectivity index (χ4n) is 1.82. The van der Waals surface area contributed by atoms with E-state index in [0.717, 1.165) is 10.9 Å². The number of pyridine rings is 1. The lowest BCUT2D eigenvalue weighted by Gasteiger charge is -2.08. The van der Waals surface area contributed by atoms with Crippen LogP contribution in [0.3, 0.4) is 0 Å². The molecule has 0 aliphatic heterocycles. The summed E-state index contributed by atoms with van der Waals surface area (Å²) in [6.07, 6.45) is 3.28. The number of hydrogen-bond donors (Lipinski definition) is 2. The smallest absolute Gasteiger partial charge is 0.154 e. The molecule has 2 aromatic heterocycles. The Morgan fingerprint density at radius 2 is 2.16 bits per heavy atom. The third-order valence-corrected chi connectivity index (χ3v) is 2.76. The first-order chi connectivity index (χ1) is 9.26. The lowest BCUT2D eigenvalue weighted by molar-refractivity contribution is 0.485. The minimum absolute atomic E-state index is 0.270. The fourth-order valence-corrected chi connectivity index (χ4v) is 1.82. The quantitative estimate of drug-likeness (QED) is 0.732. The predicted molar refractivity (Wildman–Crippen MR) is 71.7 cm³/mol. The van der Waals surface area contributed by atoms with E-state index in [0.29, 0.717) is 17.2 Å². The predicted octanol–water partition coefficient (Wildman–Crippen LogP) is 2.81. The van der Waals surface area contributed by atoms with Crippen molar-refractivity contribution in [1.29, 1.82) is 5.26 Å². The zero-order chi connectivity index (χ0) is 13.2. The highest BCUT2D eigenvalue weighted by Crippen LogP contribution is 2.29. The number of fused-ring (bicyclic) bond motifs is 1. The van der Waals surface area contributed by atoms with Crippen LogP contribution in [-0.2, 0) is 0 Å². The van der Waals surface area contributed by atoms with Crippen molar-refractivity contribution in [3.05, 3.63) is 48.4 Å². The summed E-state index contributed by atoms with van der Waals surface area (Å²) in [6, 6.07) is 11.1. The van der Waals surface area contributed by atoms with Gasteiger partial charge in [-0.15, -0.1) is 0 Å². The first-order valence-corrected chi connectivity index (χ1v) is 5.67. The summed E-state index contributed by atoms with van der Waals surface area (Å²) >= 11 is 0. The van der Waals surface area contributed by atoms with Gasteiger partial charge >= 0.3 is 0 Å². The lowest BCUT2D eigenvalue weighted by Crippen LogP contribution is -1.95. The van der Waals surface area contributed by atoms with E-state index < -0.39 is 0 Å². The van der Waals surface area contributed by atoms with Gasteiger partial charge in [0.15, 0.2) is 5.75 Å². The molecule has 3 N–H and O–H groups in total. The van der Waals surface area contributed by atoms with Crippen molar-refractivity contribution in [3.63, 3.8) is 0 Å². The number of benzene rings is 1. The molecule has 5 heteroatoms. The third-order valence-electron chi connectivity index (χ3n) is 2.76. The third kappa shape index (κ3) is 2.07. The summed E-state index contributed by atoms with van der Waals surface area (Å²) in [7, 11) is 0. The van der Waals surface area contributed by atoms with Crippen LogP contribution < -0.4 is 10.5 Å². The number of ether oxygens (including phenoxy) is 1. The Balaban J connectivity index is 1.98. The van der Waals surface area contributed by atoms with Crippen molar-refractivity contribution >= 4 is 16.6 Å². The standard InChI is InChI=1S/C14H10N4O/c15-7-10-6-14(12(16)8-18-10)19-11-1-2-13-9(5-11)3-4-17-13/h1-6,8,17H,16H2. The lowest BCUT2D eigenvalue weighted by atomic mass is 10.2. The molecular formula is C14H10N4O. The van der Waals surface area contributed by atoms with Crippen molar-refractivity contribution in [1.82, 2.24) is 9.97 Å². The summed E-state index contributed by atoms with van der Waals surface area (Å²) < 4.78 is 5.70. The molecule has 0 radical (unpaired) electrons. The Kier molecular flexibility index (Phi) is 2.54. The van der Waals surface area contributed by atoms with Crippen LogP contribution in [0, 0.1) is 11.3 Å². The average molecular weight is 250 g/mol. The monoisotopic (exact) mass is 250 g/mol. The normalized spacial score (nSPS) is 10.3. The van der Waals surface area contributed by atoms with E-state index in [9.17, 15) is 0 Å². The zero-order valence-electron chi connectivity index (χ0n) is 9.92. The van der Waals surface area contributed by atoms with E-state index in [1.54, 1.807) is 0 Å². The van der Waals surface area contributed by atoms with Gasteiger partial charge in [-0.3, -0.25) is 0 Å². The highest BCUT2D eigenvalue weighted by Gasteiger charge is 2.06. The number of nitriles is 1. The number of nitrogens with one attached hydrogen (secondary N) is 1. The topological polar surface area (TPSA) is 87.7 Å². The van der Waals surface area contributed by atoms with Gasteiger partial charge in [-0.1, -0.05) is 0 Å². The number of nitrogen functional groups attached to an aromatic ring is 1. The van der Waals surface area contributed by atoms with Crippen LogP contribution >= 0.6 is 0 Å². The van der Waals surface area contributed by atoms with Crippen LogP contribution in [0.2, 0.25) is 0 Å². The molecule has 3 aromatic rings. The number of aromatic amines is 1. The molecule has 0 fully saturated rings. The summed E-state index contributed by atoms with van der Waals surface area (Å²) in [5.41, 5.74) is 7.48. The molecule has 19 heavy (non-hydrogen) atoms. The van der Waals surface area contributed by atoms with Gasteiger partial charge in [0.05, 0.1) is 11.9 Å². The molecule has 2 heterocycles. The van der Waals surface area contributed by atoms with Gasteiger partial charge in [0.1, 0.15) is 17.5 Å². The molecule has 0 spiro atoms. The van der Waals surface area contributed by atoms with E-state index in [4.69, 9.17) is 15.7 Å². The maximum Gasteiger partial charge on any atom is 0.154 e. The fraction of sp³-hybridized carbons (Fsp3) is 0. The number of anilines is 1. The Bertz CT molecular complexity index is 785. The molecule has 0 amide bonds. The molecule has 0 saturated heterocycles. The van der Waals surface area contributed by atoms with Gasteiger partial charge in [-0.05, 0) is 24.3 Å². The van der Waals surface area contributed by atoms with Gasteiger partial charge in [-0.25, -0.2) is 4.98 Å². The van der Waals surface area contributed by atoms with Crippen LogP contribution in [0.5, 0.6) is 11.5 Å². The Morgan fingerprint density at radius 3 is 3.00 bits per heavy atom. The van der Waals surface area contributed by atoms with Crippen molar-refractivity contribution in [3.8, 4) is 17.6 Å². The largest absolute Gasteiger partial charge is 0.455 e. The Hall–Kier alpha value is -3.00. The molecule has 0 aliphatic rings. The molecule has 92 valence electrons. The van der Waals surface area contributed by atoms with Crippen LogP contribution in [0.4, 0.5) is 5.69 Å². The highest BCUT2D eigenvalue weighted by atomic mass is 16.5. The molecule has 0 atom stereocenters. The minimum Gasteiger partial charge on any atom is -0.455 e. The Labute approximate surface area is 109 Å². The summed E-state index contributed by atoms with van der Waals surface area (Å²) in [5.74, 6) is 1.09. The number of H-pyrrole nitrogens is 1. The minimum atomic E-state index is 0.270. The van der Waals surface area contributed by atoms with Crippen molar-refractivity contribution in [2.45, 2.75) is 0 Å². The molecule has 3 rings (SSSR count). The average Bonchev–Trinajstić information content (AvgIpc) is 2.89. The van der Waals surface area contributed by atoms with Gasteiger partial charge in [0.2, 0.25) is 0 Å². The SMILES string of the molecule is N#Cc1cc(Oc2ccc3[nH]ccc3c2)c(N)cn1. The zero-order valence-corrected chi connectivity index (χ0v) is 9.92. The Morgan fingerprint density at radius 1 is 1.26 bits per heavy atom. The first-order valence-electron chi connectivity index (χ1n) is 5.67. The number of aromatic nitrogens is 2. The van der Waals surface area contributed by atoms with Crippen LogP contribution in [0.1, 0.15) is 5.69 Å². The van der Waals surface area contributed by atoms with Gasteiger partial charge < -0.3 is 15.5 Å². The maximum atomic E-state index is 8.82. The second kappa shape index (κ2) is 4.35. The van der Waals surface area contributed by atoms with E-state index in [2.05, 4.69) is 9.97 Å². The maximum absolute atomic E-state index is 8.82. The van der Waals surface area contributed by atoms with Crippen LogP contribution in [-0.4, -0.2) is 9.97 Å². The molecule has 5 nitrogen and oxygen atoms in total. The second-order valence-corrected chi connectivity index (χ2v) is 4.05. The molecule has 0 saturated carbocycles. The highest BCUT2D eigenvalue weighted by molar-refractivity contribution is 5.80. The van der Waals surface area contributed by atoms with E-state index in [1.165, 1.54) is 12.3 Å². The first kappa shape index (κ1) is 11.1.